The van der Waals surface area contributed by atoms with Crippen LogP contribution in [-0.2, 0) is 21.2 Å². The molecule has 5 nitrogen and oxygen atoms in total. The van der Waals surface area contributed by atoms with Crippen LogP contribution in [0.2, 0.25) is 0 Å². The van der Waals surface area contributed by atoms with Crippen molar-refractivity contribution in [2.24, 2.45) is 0 Å². The molecule has 0 spiro atoms. The van der Waals surface area contributed by atoms with Gasteiger partial charge < -0.3 is 5.32 Å². The summed E-state index contributed by atoms with van der Waals surface area (Å²) in [5.74, 6) is -0.0918. The van der Waals surface area contributed by atoms with Crippen molar-refractivity contribution >= 4 is 33.0 Å². The number of anilines is 1. The Morgan fingerprint density at radius 2 is 1.87 bits per heavy atom. The Hall–Kier alpha value is -1.86. The Kier molecular flexibility index (Phi) is 5.43. The first-order chi connectivity index (χ1) is 10.8. The quantitative estimate of drug-likeness (QED) is 0.839. The average molecular weight is 352 g/mol. The monoisotopic (exact) mass is 352 g/mol. The molecule has 0 bridgehead atoms. The van der Waals surface area contributed by atoms with Gasteiger partial charge in [-0.1, -0.05) is 6.07 Å². The van der Waals surface area contributed by atoms with Crippen molar-refractivity contribution < 1.29 is 13.2 Å². The van der Waals surface area contributed by atoms with E-state index in [1.54, 1.807) is 18.2 Å². The van der Waals surface area contributed by atoms with Crippen LogP contribution in [0.4, 0.5) is 5.69 Å². The molecule has 0 fully saturated rings. The number of aryl methyl sites for hydroxylation is 2. The summed E-state index contributed by atoms with van der Waals surface area (Å²) < 4.78 is 27.7. The molecule has 1 aromatic carbocycles. The third-order valence-electron chi connectivity index (χ3n) is 3.41. The molecule has 0 saturated heterocycles. The molecule has 0 radical (unpaired) electrons. The van der Waals surface area contributed by atoms with Gasteiger partial charge in [-0.3, -0.25) is 9.52 Å². The lowest BCUT2D eigenvalue weighted by atomic mass is 10.1. The summed E-state index contributed by atoms with van der Waals surface area (Å²) in [6.45, 7) is 5.88. The first kappa shape index (κ1) is 17.5. The van der Waals surface area contributed by atoms with Crippen molar-refractivity contribution in [3.05, 3.63) is 46.3 Å². The van der Waals surface area contributed by atoms with E-state index in [2.05, 4.69) is 10.0 Å². The van der Waals surface area contributed by atoms with Crippen LogP contribution in [0.15, 0.2) is 34.5 Å². The molecule has 0 unspecified atom stereocenters. The number of amides is 1. The molecule has 23 heavy (non-hydrogen) atoms. The van der Waals surface area contributed by atoms with Gasteiger partial charge in [0.2, 0.25) is 5.91 Å². The van der Waals surface area contributed by atoms with E-state index in [1.165, 1.54) is 18.3 Å². The second kappa shape index (κ2) is 7.14. The second-order valence-electron chi connectivity index (χ2n) is 5.36. The molecule has 0 atom stereocenters. The maximum absolute atomic E-state index is 12.4. The summed E-state index contributed by atoms with van der Waals surface area (Å²) in [7, 11) is -3.58. The van der Waals surface area contributed by atoms with Crippen molar-refractivity contribution in [1.82, 2.24) is 5.32 Å². The number of carbonyl (C=O) groups excluding carboxylic acids is 1. The molecule has 1 heterocycles. The van der Waals surface area contributed by atoms with E-state index in [1.807, 2.05) is 26.0 Å². The van der Waals surface area contributed by atoms with Crippen LogP contribution in [-0.4, -0.2) is 20.9 Å². The highest BCUT2D eigenvalue weighted by Gasteiger charge is 2.17. The molecule has 2 rings (SSSR count). The first-order valence-electron chi connectivity index (χ1n) is 7.21. The van der Waals surface area contributed by atoms with Crippen molar-refractivity contribution in [2.45, 2.75) is 31.4 Å². The van der Waals surface area contributed by atoms with E-state index in [4.69, 9.17) is 0 Å². The van der Waals surface area contributed by atoms with E-state index < -0.39 is 10.0 Å². The fourth-order valence-electron chi connectivity index (χ4n) is 2.01. The predicted octanol–water partition coefficient (Wildman–Crippen LogP) is 2.84. The smallest absolute Gasteiger partial charge is 0.271 e. The van der Waals surface area contributed by atoms with Crippen LogP contribution >= 0.6 is 11.3 Å². The van der Waals surface area contributed by atoms with Crippen molar-refractivity contribution in [2.75, 3.05) is 11.3 Å². The zero-order chi connectivity index (χ0) is 17.0. The summed E-state index contributed by atoms with van der Waals surface area (Å²) in [5, 5.41) is 2.70. The van der Waals surface area contributed by atoms with Crippen LogP contribution in [0, 0.1) is 13.8 Å². The maximum Gasteiger partial charge on any atom is 0.271 e. The molecule has 1 amide bonds. The highest BCUT2D eigenvalue weighted by Crippen LogP contribution is 2.25. The van der Waals surface area contributed by atoms with E-state index in [0.29, 0.717) is 18.7 Å². The Labute approximate surface area is 140 Å². The van der Waals surface area contributed by atoms with Gasteiger partial charge in [-0.05, 0) is 55.7 Å². The van der Waals surface area contributed by atoms with E-state index in [-0.39, 0.29) is 10.1 Å². The number of benzene rings is 1. The van der Waals surface area contributed by atoms with Gasteiger partial charge in [0.1, 0.15) is 4.21 Å². The standard InChI is InChI=1S/C16H20N2O3S2/c1-11-4-5-14(10-12(11)2)18-23(20,21)16-7-6-15(22-16)8-9-17-13(3)19/h4-7,10,18H,8-9H2,1-3H3,(H,17,19). The zero-order valence-electron chi connectivity index (χ0n) is 13.3. The number of nitrogens with one attached hydrogen (secondary N) is 2. The lowest BCUT2D eigenvalue weighted by molar-refractivity contribution is -0.118. The minimum Gasteiger partial charge on any atom is -0.356 e. The van der Waals surface area contributed by atoms with Crippen LogP contribution in [0.5, 0.6) is 0 Å². The van der Waals surface area contributed by atoms with Gasteiger partial charge >= 0.3 is 0 Å². The molecular weight excluding hydrogens is 332 g/mol. The number of hydrogen-bond donors (Lipinski definition) is 2. The zero-order valence-corrected chi connectivity index (χ0v) is 15.0. The Balaban J connectivity index is 2.08. The van der Waals surface area contributed by atoms with Crippen LogP contribution < -0.4 is 10.0 Å². The number of hydrogen-bond acceptors (Lipinski definition) is 4. The molecule has 2 N–H and O–H groups in total. The van der Waals surface area contributed by atoms with Gasteiger partial charge in [-0.15, -0.1) is 11.3 Å². The van der Waals surface area contributed by atoms with Gasteiger partial charge in [-0.25, -0.2) is 8.42 Å². The minimum absolute atomic E-state index is 0.0918. The van der Waals surface area contributed by atoms with Gasteiger partial charge in [0.05, 0.1) is 0 Å². The third kappa shape index (κ3) is 4.80. The molecule has 0 aliphatic carbocycles. The molecular formula is C16H20N2O3S2. The van der Waals surface area contributed by atoms with E-state index >= 15 is 0 Å². The fraction of sp³-hybridized carbons (Fsp3) is 0.312. The highest BCUT2D eigenvalue weighted by molar-refractivity contribution is 7.94. The summed E-state index contributed by atoms with van der Waals surface area (Å²) in [6, 6.07) is 8.84. The van der Waals surface area contributed by atoms with E-state index in [0.717, 1.165) is 16.0 Å². The number of sulfonamides is 1. The average Bonchev–Trinajstić information content (AvgIpc) is 2.92. The van der Waals surface area contributed by atoms with Crippen LogP contribution in [0.1, 0.15) is 22.9 Å². The molecule has 2 aromatic rings. The van der Waals surface area contributed by atoms with Crippen molar-refractivity contribution in [1.29, 1.82) is 0 Å². The van der Waals surface area contributed by atoms with E-state index in [9.17, 15) is 13.2 Å². The van der Waals surface area contributed by atoms with Gasteiger partial charge in [-0.2, -0.15) is 0 Å². The SMILES string of the molecule is CC(=O)NCCc1ccc(S(=O)(=O)Nc2ccc(C)c(C)c2)s1. The fourth-order valence-corrected chi connectivity index (χ4v) is 4.41. The number of carbonyl (C=O) groups is 1. The normalized spacial score (nSPS) is 11.3. The molecule has 7 heteroatoms. The summed E-state index contributed by atoms with van der Waals surface area (Å²) in [5.41, 5.74) is 2.71. The summed E-state index contributed by atoms with van der Waals surface area (Å²) >= 11 is 1.22. The lowest BCUT2D eigenvalue weighted by Gasteiger charge is -2.08. The Morgan fingerprint density at radius 3 is 2.52 bits per heavy atom. The number of thiophene rings is 1. The summed E-state index contributed by atoms with van der Waals surface area (Å²) in [4.78, 5) is 11.8. The number of rotatable bonds is 6. The van der Waals surface area contributed by atoms with Crippen molar-refractivity contribution in [3.63, 3.8) is 0 Å². The second-order valence-corrected chi connectivity index (χ2v) is 8.44. The first-order valence-corrected chi connectivity index (χ1v) is 9.51. The predicted molar refractivity (Wildman–Crippen MR) is 93.4 cm³/mol. The molecule has 0 aliphatic rings. The largest absolute Gasteiger partial charge is 0.356 e. The lowest BCUT2D eigenvalue weighted by Crippen LogP contribution is -2.22. The highest BCUT2D eigenvalue weighted by atomic mass is 32.2. The third-order valence-corrected chi connectivity index (χ3v) is 6.42. The summed E-state index contributed by atoms with van der Waals surface area (Å²) in [6.07, 6.45) is 0.614. The minimum atomic E-state index is -3.58. The Morgan fingerprint density at radius 1 is 1.13 bits per heavy atom. The molecule has 124 valence electrons. The molecule has 1 aromatic heterocycles. The molecule has 0 aliphatic heterocycles. The van der Waals surface area contributed by atoms with Crippen LogP contribution in [0.25, 0.3) is 0 Å². The van der Waals surface area contributed by atoms with Gasteiger partial charge in [0.15, 0.2) is 0 Å². The van der Waals surface area contributed by atoms with Crippen LogP contribution in [0.3, 0.4) is 0 Å². The topological polar surface area (TPSA) is 75.3 Å². The Bertz CT molecular complexity index is 810. The molecule has 0 saturated carbocycles. The van der Waals surface area contributed by atoms with Crippen molar-refractivity contribution in [3.8, 4) is 0 Å². The van der Waals surface area contributed by atoms with Gasteiger partial charge in [0.25, 0.3) is 10.0 Å². The van der Waals surface area contributed by atoms with Gasteiger partial charge in [0, 0.05) is 24.0 Å². The maximum atomic E-state index is 12.4.